The second-order valence-electron chi connectivity index (χ2n) is 4.16. The molecule has 0 spiro atoms. The number of para-hydroxylation sites is 1. The van der Waals surface area contributed by atoms with Gasteiger partial charge in [-0.15, -0.1) is 0 Å². The van der Waals surface area contributed by atoms with Gasteiger partial charge < -0.3 is 15.3 Å². The van der Waals surface area contributed by atoms with Crippen molar-refractivity contribution in [2.75, 3.05) is 18.1 Å². The van der Waals surface area contributed by atoms with Gasteiger partial charge in [0.25, 0.3) is 0 Å². The Hall–Kier alpha value is -1.74. The molecule has 0 aromatic heterocycles. The minimum absolute atomic E-state index is 0.0639. The van der Waals surface area contributed by atoms with Gasteiger partial charge in [-0.25, -0.2) is 0 Å². The van der Waals surface area contributed by atoms with Crippen molar-refractivity contribution in [3.8, 4) is 0 Å². The lowest BCUT2D eigenvalue weighted by Gasteiger charge is -2.31. The maximum Gasteiger partial charge on any atom is 0.0632 e. The molecule has 3 nitrogen and oxygen atoms in total. The molecule has 0 bridgehead atoms. The summed E-state index contributed by atoms with van der Waals surface area (Å²) in [7, 11) is 0. The van der Waals surface area contributed by atoms with Crippen molar-refractivity contribution in [2.24, 2.45) is 0 Å². The van der Waals surface area contributed by atoms with Crippen LogP contribution in [0.25, 0.3) is 0 Å². The first kappa shape index (κ1) is 14.3. The number of aliphatic hydroxyl groups is 1. The summed E-state index contributed by atoms with van der Waals surface area (Å²) in [5.41, 5.74) is 2.17. The number of nitrogens with zero attached hydrogens (tertiary/aromatic N) is 1. The lowest BCUT2D eigenvalue weighted by molar-refractivity contribution is 0.268. The van der Waals surface area contributed by atoms with Crippen molar-refractivity contribution in [3.05, 3.63) is 54.9 Å². The lowest BCUT2D eigenvalue weighted by Crippen LogP contribution is -2.38. The van der Waals surface area contributed by atoms with Gasteiger partial charge in [-0.3, -0.25) is 0 Å². The summed E-state index contributed by atoms with van der Waals surface area (Å²) in [6.07, 6.45) is 3.68. The molecule has 0 unspecified atom stereocenters. The van der Waals surface area contributed by atoms with Crippen LogP contribution in [0.1, 0.15) is 13.8 Å². The highest BCUT2D eigenvalue weighted by Gasteiger charge is 2.14. The van der Waals surface area contributed by atoms with E-state index in [1.54, 1.807) is 6.20 Å². The van der Waals surface area contributed by atoms with E-state index in [-0.39, 0.29) is 12.6 Å². The van der Waals surface area contributed by atoms with Crippen LogP contribution in [0.2, 0.25) is 0 Å². The third-order valence-electron chi connectivity index (χ3n) is 2.86. The molecular formula is C15H22N2O. The number of nitrogens with one attached hydrogen (secondary N) is 1. The van der Waals surface area contributed by atoms with Crippen LogP contribution >= 0.6 is 0 Å². The molecule has 2 N–H and O–H groups in total. The normalized spacial score (nSPS) is 12.9. The average Bonchev–Trinajstić information content (AvgIpc) is 2.43. The van der Waals surface area contributed by atoms with E-state index in [4.69, 9.17) is 0 Å². The maximum atomic E-state index is 9.38. The molecule has 18 heavy (non-hydrogen) atoms. The fourth-order valence-electron chi connectivity index (χ4n) is 1.75. The topological polar surface area (TPSA) is 35.5 Å². The fraction of sp³-hybridized carbons (Fsp3) is 0.333. The second kappa shape index (κ2) is 7.56. The lowest BCUT2D eigenvalue weighted by atomic mass is 10.2. The number of allylic oxidation sites excluding steroid dienone is 1. The van der Waals surface area contributed by atoms with Gasteiger partial charge in [0.1, 0.15) is 0 Å². The van der Waals surface area contributed by atoms with Crippen LogP contribution in [0, 0.1) is 0 Å². The third kappa shape index (κ3) is 3.93. The predicted molar refractivity (Wildman–Crippen MR) is 77.4 cm³/mol. The molecule has 0 heterocycles. The first-order chi connectivity index (χ1) is 8.72. The Morgan fingerprint density at radius 1 is 1.44 bits per heavy atom. The van der Waals surface area contributed by atoms with E-state index in [9.17, 15) is 5.11 Å². The molecule has 0 aliphatic rings. The van der Waals surface area contributed by atoms with Crippen molar-refractivity contribution in [2.45, 2.75) is 19.9 Å². The first-order valence-electron chi connectivity index (χ1n) is 6.18. The van der Waals surface area contributed by atoms with E-state index in [1.807, 2.05) is 50.3 Å². The zero-order valence-corrected chi connectivity index (χ0v) is 11.1. The molecule has 1 aromatic carbocycles. The summed E-state index contributed by atoms with van der Waals surface area (Å²) in [5.74, 6) is 0. The standard InChI is InChI=1S/C15H22N2O/c1-4-14(16-5-2)11-17(13(3)12-18)15-9-7-6-8-10-15/h4-10,13,16,18H,2,11-12H2,1,3H3/b14-4-/t13-/m1/s1. The summed E-state index contributed by atoms with van der Waals surface area (Å²) >= 11 is 0. The first-order valence-corrected chi connectivity index (χ1v) is 6.18. The summed E-state index contributed by atoms with van der Waals surface area (Å²) in [5, 5.41) is 12.5. The van der Waals surface area contributed by atoms with Crippen LogP contribution in [0.3, 0.4) is 0 Å². The summed E-state index contributed by atoms with van der Waals surface area (Å²) in [6, 6.07) is 10.2. The van der Waals surface area contributed by atoms with E-state index in [0.717, 1.165) is 11.4 Å². The van der Waals surface area contributed by atoms with Crippen molar-refractivity contribution in [1.82, 2.24) is 5.32 Å². The van der Waals surface area contributed by atoms with Gasteiger partial charge in [0.05, 0.1) is 13.2 Å². The largest absolute Gasteiger partial charge is 0.394 e. The summed E-state index contributed by atoms with van der Waals surface area (Å²) < 4.78 is 0. The molecule has 0 amide bonds. The molecule has 0 saturated carbocycles. The minimum atomic E-state index is 0.0639. The van der Waals surface area contributed by atoms with Crippen LogP contribution in [0.15, 0.2) is 54.9 Å². The third-order valence-corrected chi connectivity index (χ3v) is 2.86. The van der Waals surface area contributed by atoms with E-state index in [2.05, 4.69) is 16.8 Å². The Balaban J connectivity index is 2.89. The number of aliphatic hydroxyl groups excluding tert-OH is 1. The Morgan fingerprint density at radius 3 is 2.61 bits per heavy atom. The van der Waals surface area contributed by atoms with Gasteiger partial charge in [-0.1, -0.05) is 30.9 Å². The smallest absolute Gasteiger partial charge is 0.0632 e. The van der Waals surface area contributed by atoms with Crippen LogP contribution in [-0.4, -0.2) is 24.3 Å². The number of benzene rings is 1. The number of anilines is 1. The van der Waals surface area contributed by atoms with Gasteiger partial charge >= 0.3 is 0 Å². The molecule has 0 radical (unpaired) electrons. The van der Waals surface area contributed by atoms with Gasteiger partial charge in [-0.05, 0) is 32.2 Å². The molecule has 1 rings (SSSR count). The van der Waals surface area contributed by atoms with Crippen LogP contribution < -0.4 is 10.2 Å². The van der Waals surface area contributed by atoms with E-state index >= 15 is 0 Å². The van der Waals surface area contributed by atoms with E-state index in [1.165, 1.54) is 0 Å². The van der Waals surface area contributed by atoms with Gasteiger partial charge in [0.2, 0.25) is 0 Å². The summed E-state index contributed by atoms with van der Waals surface area (Å²) in [6.45, 7) is 8.51. The number of rotatable bonds is 7. The highest BCUT2D eigenvalue weighted by Crippen LogP contribution is 2.17. The van der Waals surface area contributed by atoms with Crippen molar-refractivity contribution >= 4 is 5.69 Å². The number of hydrogen-bond acceptors (Lipinski definition) is 3. The quantitative estimate of drug-likeness (QED) is 0.776. The van der Waals surface area contributed by atoms with Crippen LogP contribution in [0.4, 0.5) is 5.69 Å². The Labute approximate surface area is 109 Å². The zero-order valence-electron chi connectivity index (χ0n) is 11.1. The SMILES string of the molecule is C=CN/C(=C\C)CN(c1ccccc1)[C@H](C)CO. The van der Waals surface area contributed by atoms with Gasteiger partial charge in [0, 0.05) is 17.4 Å². The fourth-order valence-corrected chi connectivity index (χ4v) is 1.75. The maximum absolute atomic E-state index is 9.38. The van der Waals surface area contributed by atoms with Crippen LogP contribution in [0.5, 0.6) is 0 Å². The highest BCUT2D eigenvalue weighted by atomic mass is 16.3. The molecule has 0 saturated heterocycles. The molecule has 0 aliphatic heterocycles. The highest BCUT2D eigenvalue weighted by molar-refractivity contribution is 5.48. The second-order valence-corrected chi connectivity index (χ2v) is 4.16. The van der Waals surface area contributed by atoms with Crippen LogP contribution in [-0.2, 0) is 0 Å². The Kier molecular flexibility index (Phi) is 6.01. The predicted octanol–water partition coefficient (Wildman–Crippen LogP) is 2.51. The molecule has 0 fully saturated rings. The monoisotopic (exact) mass is 246 g/mol. The number of hydrogen-bond donors (Lipinski definition) is 2. The Morgan fingerprint density at radius 2 is 2.11 bits per heavy atom. The van der Waals surface area contributed by atoms with E-state index in [0.29, 0.717) is 6.54 Å². The Bertz CT molecular complexity index is 387. The molecule has 1 aromatic rings. The molecule has 98 valence electrons. The molecule has 3 heteroatoms. The van der Waals surface area contributed by atoms with Crippen molar-refractivity contribution in [3.63, 3.8) is 0 Å². The van der Waals surface area contributed by atoms with Gasteiger partial charge in [0.15, 0.2) is 0 Å². The van der Waals surface area contributed by atoms with Crippen molar-refractivity contribution < 1.29 is 5.11 Å². The summed E-state index contributed by atoms with van der Waals surface area (Å²) in [4.78, 5) is 2.16. The van der Waals surface area contributed by atoms with Crippen molar-refractivity contribution in [1.29, 1.82) is 0 Å². The average molecular weight is 246 g/mol. The zero-order chi connectivity index (χ0) is 13.4. The van der Waals surface area contributed by atoms with Gasteiger partial charge in [-0.2, -0.15) is 0 Å². The van der Waals surface area contributed by atoms with E-state index < -0.39 is 0 Å². The minimum Gasteiger partial charge on any atom is -0.394 e. The molecular weight excluding hydrogens is 224 g/mol. The molecule has 1 atom stereocenters. The molecule has 0 aliphatic carbocycles.